The van der Waals surface area contributed by atoms with E-state index >= 15 is 0 Å². The molecular formula is C19H21FN2O3S. The number of rotatable bonds is 7. The molecule has 1 amide bonds. The van der Waals surface area contributed by atoms with Crippen LogP contribution in [0.2, 0.25) is 0 Å². The van der Waals surface area contributed by atoms with Crippen molar-refractivity contribution >= 4 is 27.7 Å². The maximum atomic E-state index is 12.8. The molecule has 0 fully saturated rings. The van der Waals surface area contributed by atoms with Gasteiger partial charge in [-0.05, 0) is 48.0 Å². The smallest absolute Gasteiger partial charge is 0.248 e. The Balaban J connectivity index is 2.04. The van der Waals surface area contributed by atoms with Gasteiger partial charge in [0.1, 0.15) is 5.82 Å². The first-order chi connectivity index (χ1) is 12.4. The van der Waals surface area contributed by atoms with Gasteiger partial charge in [-0.3, -0.25) is 4.79 Å². The molecule has 5 nitrogen and oxygen atoms in total. The number of carbonyl (C=O) groups excluding carboxylic acids is 1. The molecule has 26 heavy (non-hydrogen) atoms. The molecule has 0 spiro atoms. The van der Waals surface area contributed by atoms with Crippen LogP contribution in [0.5, 0.6) is 0 Å². The van der Waals surface area contributed by atoms with Gasteiger partial charge < -0.3 is 5.32 Å². The Morgan fingerprint density at radius 2 is 1.62 bits per heavy atom. The number of nitrogens with one attached hydrogen (secondary N) is 1. The number of anilines is 1. The van der Waals surface area contributed by atoms with Crippen LogP contribution in [0, 0.1) is 5.82 Å². The summed E-state index contributed by atoms with van der Waals surface area (Å²) < 4.78 is 39.0. The van der Waals surface area contributed by atoms with Crippen LogP contribution < -0.4 is 5.32 Å². The summed E-state index contributed by atoms with van der Waals surface area (Å²) in [5.74, 6) is -0.708. The van der Waals surface area contributed by atoms with Crippen LogP contribution >= 0.6 is 0 Å². The molecule has 2 aromatic rings. The molecule has 0 aliphatic rings. The van der Waals surface area contributed by atoms with E-state index in [0.29, 0.717) is 24.3 Å². The van der Waals surface area contributed by atoms with Gasteiger partial charge in [0.25, 0.3) is 0 Å². The molecule has 0 radical (unpaired) electrons. The summed E-state index contributed by atoms with van der Waals surface area (Å²) in [6, 6.07) is 11.8. The van der Waals surface area contributed by atoms with E-state index in [9.17, 15) is 17.6 Å². The molecule has 0 aliphatic carbocycles. The minimum Gasteiger partial charge on any atom is -0.323 e. The zero-order valence-corrected chi connectivity index (χ0v) is 15.5. The monoisotopic (exact) mass is 376 g/mol. The zero-order valence-electron chi connectivity index (χ0n) is 14.6. The average molecular weight is 376 g/mol. The van der Waals surface area contributed by atoms with Gasteiger partial charge in [0.15, 0.2) is 0 Å². The van der Waals surface area contributed by atoms with Crippen LogP contribution in [0.15, 0.2) is 59.5 Å². The lowest BCUT2D eigenvalue weighted by atomic mass is 10.2. The Kier molecular flexibility index (Phi) is 6.65. The lowest BCUT2D eigenvalue weighted by Gasteiger charge is -2.18. The van der Waals surface area contributed by atoms with E-state index in [-0.39, 0.29) is 16.6 Å². The van der Waals surface area contributed by atoms with Crippen molar-refractivity contribution in [3.63, 3.8) is 0 Å². The summed E-state index contributed by atoms with van der Waals surface area (Å²) in [6.45, 7) is 4.35. The van der Waals surface area contributed by atoms with E-state index in [1.807, 2.05) is 0 Å². The molecule has 7 heteroatoms. The van der Waals surface area contributed by atoms with E-state index in [0.717, 1.165) is 0 Å². The fraction of sp³-hybridized carbons (Fsp3) is 0.211. The summed E-state index contributed by atoms with van der Waals surface area (Å²) in [7, 11) is -3.52. The molecule has 0 bridgehead atoms. The van der Waals surface area contributed by atoms with Gasteiger partial charge >= 0.3 is 0 Å². The van der Waals surface area contributed by atoms with E-state index in [1.165, 1.54) is 34.6 Å². The van der Waals surface area contributed by atoms with E-state index in [2.05, 4.69) is 5.32 Å². The van der Waals surface area contributed by atoms with Gasteiger partial charge in [-0.15, -0.1) is 0 Å². The highest BCUT2D eigenvalue weighted by molar-refractivity contribution is 7.89. The van der Waals surface area contributed by atoms with Crippen LogP contribution in [0.4, 0.5) is 10.1 Å². The second kappa shape index (κ2) is 8.73. The van der Waals surface area contributed by atoms with Crippen LogP contribution in [0.25, 0.3) is 6.08 Å². The summed E-state index contributed by atoms with van der Waals surface area (Å²) >= 11 is 0. The highest BCUT2D eigenvalue weighted by atomic mass is 32.2. The molecule has 2 aromatic carbocycles. The van der Waals surface area contributed by atoms with Gasteiger partial charge in [0.05, 0.1) is 4.90 Å². The first-order valence-corrected chi connectivity index (χ1v) is 9.65. The molecule has 1 N–H and O–H groups in total. The third kappa shape index (κ3) is 5.00. The number of benzene rings is 2. The Morgan fingerprint density at radius 1 is 1.04 bits per heavy atom. The number of nitrogens with zero attached hydrogens (tertiary/aromatic N) is 1. The molecule has 0 heterocycles. The van der Waals surface area contributed by atoms with E-state index < -0.39 is 10.0 Å². The van der Waals surface area contributed by atoms with Crippen molar-refractivity contribution in [3.05, 3.63) is 66.0 Å². The Hall–Kier alpha value is -2.51. The second-order valence-electron chi connectivity index (χ2n) is 5.49. The number of sulfonamides is 1. The van der Waals surface area contributed by atoms with Crippen molar-refractivity contribution in [3.8, 4) is 0 Å². The third-order valence-corrected chi connectivity index (χ3v) is 5.83. The zero-order chi connectivity index (χ0) is 19.2. The molecule has 138 valence electrons. The minimum absolute atomic E-state index is 0.182. The summed E-state index contributed by atoms with van der Waals surface area (Å²) in [5, 5.41) is 2.65. The summed E-state index contributed by atoms with van der Waals surface area (Å²) in [5.41, 5.74) is 1.18. The molecule has 0 atom stereocenters. The van der Waals surface area contributed by atoms with Gasteiger partial charge in [-0.1, -0.05) is 26.0 Å². The largest absolute Gasteiger partial charge is 0.323 e. The molecule has 2 rings (SSSR count). The van der Waals surface area contributed by atoms with Gasteiger partial charge in [-0.2, -0.15) is 4.31 Å². The number of amides is 1. The minimum atomic E-state index is -3.52. The number of hydrogen-bond acceptors (Lipinski definition) is 3. The SMILES string of the molecule is CCN(CC)S(=O)(=O)c1ccc(NC(=O)/C=C/c2ccc(F)cc2)cc1. The van der Waals surface area contributed by atoms with E-state index in [1.54, 1.807) is 44.2 Å². The molecule has 0 saturated heterocycles. The fourth-order valence-corrected chi connectivity index (χ4v) is 3.81. The summed E-state index contributed by atoms with van der Waals surface area (Å²) in [4.78, 5) is 12.1. The van der Waals surface area contributed by atoms with Crippen LogP contribution in [0.3, 0.4) is 0 Å². The first kappa shape index (κ1) is 19.8. The van der Waals surface area contributed by atoms with Gasteiger partial charge in [-0.25, -0.2) is 12.8 Å². The van der Waals surface area contributed by atoms with Crippen molar-refractivity contribution in [1.29, 1.82) is 0 Å². The van der Waals surface area contributed by atoms with Gasteiger partial charge in [0.2, 0.25) is 15.9 Å². The molecule has 0 aromatic heterocycles. The van der Waals surface area contributed by atoms with Crippen LogP contribution in [-0.2, 0) is 14.8 Å². The van der Waals surface area contributed by atoms with Crippen molar-refractivity contribution in [2.45, 2.75) is 18.7 Å². The summed E-state index contributed by atoms with van der Waals surface area (Å²) in [6.07, 6.45) is 2.89. The highest BCUT2D eigenvalue weighted by Gasteiger charge is 2.21. The lowest BCUT2D eigenvalue weighted by Crippen LogP contribution is -2.30. The lowest BCUT2D eigenvalue weighted by molar-refractivity contribution is -0.111. The highest BCUT2D eigenvalue weighted by Crippen LogP contribution is 2.18. The number of halogens is 1. The van der Waals surface area contributed by atoms with Crippen LogP contribution in [-0.4, -0.2) is 31.7 Å². The molecular weight excluding hydrogens is 355 g/mol. The predicted octanol–water partition coefficient (Wildman–Crippen LogP) is 3.51. The predicted molar refractivity (Wildman–Crippen MR) is 101 cm³/mol. The fourth-order valence-electron chi connectivity index (χ4n) is 2.35. The second-order valence-corrected chi connectivity index (χ2v) is 7.43. The van der Waals surface area contributed by atoms with Crippen molar-refractivity contribution in [2.24, 2.45) is 0 Å². The van der Waals surface area contributed by atoms with Gasteiger partial charge in [0, 0.05) is 24.9 Å². The van der Waals surface area contributed by atoms with Crippen molar-refractivity contribution < 1.29 is 17.6 Å². The molecule has 0 saturated carbocycles. The van der Waals surface area contributed by atoms with E-state index in [4.69, 9.17) is 0 Å². The Bertz CT molecular complexity index is 872. The normalized spacial score (nSPS) is 11.8. The Morgan fingerprint density at radius 3 is 2.15 bits per heavy atom. The van der Waals surface area contributed by atoms with Crippen molar-refractivity contribution in [1.82, 2.24) is 4.31 Å². The maximum absolute atomic E-state index is 12.8. The number of hydrogen-bond donors (Lipinski definition) is 1. The Labute approximate surface area is 153 Å². The quantitative estimate of drug-likeness (QED) is 0.752. The maximum Gasteiger partial charge on any atom is 0.248 e. The molecule has 0 aliphatic heterocycles. The topological polar surface area (TPSA) is 66.5 Å². The molecule has 0 unspecified atom stereocenters. The standard InChI is InChI=1S/C19H21FN2O3S/c1-3-22(4-2)26(24,25)18-12-10-17(11-13-18)21-19(23)14-7-15-5-8-16(20)9-6-15/h5-14H,3-4H2,1-2H3,(H,21,23)/b14-7+. The first-order valence-electron chi connectivity index (χ1n) is 8.21. The average Bonchev–Trinajstić information content (AvgIpc) is 2.62. The van der Waals surface area contributed by atoms with Crippen LogP contribution in [0.1, 0.15) is 19.4 Å². The third-order valence-electron chi connectivity index (χ3n) is 3.76. The number of carbonyl (C=O) groups is 1. The van der Waals surface area contributed by atoms with Crippen molar-refractivity contribution in [2.75, 3.05) is 18.4 Å².